The van der Waals surface area contributed by atoms with Crippen molar-refractivity contribution in [2.24, 2.45) is 5.73 Å². The van der Waals surface area contributed by atoms with Crippen molar-refractivity contribution in [3.63, 3.8) is 0 Å². The number of anilines is 1. The average molecular weight is 457 g/mol. The lowest BCUT2D eigenvalue weighted by atomic mass is 10.2. The number of imidazole rings is 1. The first-order valence-electron chi connectivity index (χ1n) is 7.84. The molecular weight excluding hydrogens is 438 g/mol. The number of aromatic nitrogens is 2. The predicted molar refractivity (Wildman–Crippen MR) is 101 cm³/mol. The van der Waals surface area contributed by atoms with E-state index < -0.39 is 0 Å². The number of ether oxygens (including phenoxy) is 1. The van der Waals surface area contributed by atoms with E-state index in [1.807, 2.05) is 6.07 Å². The van der Waals surface area contributed by atoms with Gasteiger partial charge in [-0.05, 0) is 51.8 Å². The van der Waals surface area contributed by atoms with E-state index in [0.717, 1.165) is 27.0 Å². The van der Waals surface area contributed by atoms with Crippen LogP contribution in [-0.2, 0) is 4.74 Å². The Bertz CT molecular complexity index is 811. The van der Waals surface area contributed by atoms with E-state index in [2.05, 4.69) is 61.2 Å². The van der Waals surface area contributed by atoms with Crippen LogP contribution in [0.4, 0.5) is 5.95 Å². The Morgan fingerprint density at radius 1 is 1.50 bits per heavy atom. The summed E-state index contributed by atoms with van der Waals surface area (Å²) in [6.45, 7) is 6.81. The van der Waals surface area contributed by atoms with Gasteiger partial charge in [-0.25, -0.2) is 4.98 Å². The van der Waals surface area contributed by atoms with Crippen LogP contribution in [0.2, 0.25) is 0 Å². The Labute approximate surface area is 157 Å². The summed E-state index contributed by atoms with van der Waals surface area (Å²) in [5, 5.41) is 9.57. The highest BCUT2D eigenvalue weighted by molar-refractivity contribution is 9.13. The quantitative estimate of drug-likeness (QED) is 0.767. The van der Waals surface area contributed by atoms with E-state index in [0.29, 0.717) is 30.8 Å². The topological polar surface area (TPSA) is 80.1 Å². The third-order valence-corrected chi connectivity index (χ3v) is 6.15. The van der Waals surface area contributed by atoms with Gasteiger partial charge in [-0.15, -0.1) is 0 Å². The Morgan fingerprint density at radius 3 is 2.88 bits per heavy atom. The van der Waals surface area contributed by atoms with Crippen molar-refractivity contribution in [2.75, 3.05) is 31.1 Å². The molecule has 2 aromatic rings. The van der Waals surface area contributed by atoms with Gasteiger partial charge >= 0.3 is 0 Å². The van der Waals surface area contributed by atoms with E-state index >= 15 is 0 Å². The minimum atomic E-state index is 0.00749. The number of fused-ring (bicyclic) bond motifs is 1. The summed E-state index contributed by atoms with van der Waals surface area (Å²) in [7, 11) is 0. The summed E-state index contributed by atoms with van der Waals surface area (Å²) in [4.78, 5) is 7.02. The number of hydrogen-bond donors (Lipinski definition) is 1. The van der Waals surface area contributed by atoms with Crippen LogP contribution >= 0.6 is 31.9 Å². The summed E-state index contributed by atoms with van der Waals surface area (Å²) >= 11 is 7.01. The van der Waals surface area contributed by atoms with Crippen LogP contribution in [0.1, 0.15) is 25.5 Å². The lowest BCUT2D eigenvalue weighted by Crippen LogP contribution is -2.46. The van der Waals surface area contributed by atoms with Gasteiger partial charge in [0, 0.05) is 30.1 Å². The van der Waals surface area contributed by atoms with E-state index in [4.69, 9.17) is 15.5 Å². The molecule has 0 radical (unpaired) electrons. The first kappa shape index (κ1) is 17.7. The summed E-state index contributed by atoms with van der Waals surface area (Å²) < 4.78 is 9.42. The molecule has 0 amide bonds. The zero-order valence-corrected chi connectivity index (χ0v) is 16.8. The van der Waals surface area contributed by atoms with Gasteiger partial charge in [0.2, 0.25) is 5.95 Å². The molecule has 3 rings (SSSR count). The molecule has 1 aliphatic rings. The van der Waals surface area contributed by atoms with Crippen LogP contribution in [0.5, 0.6) is 0 Å². The van der Waals surface area contributed by atoms with Crippen LogP contribution in [0.15, 0.2) is 15.0 Å². The fraction of sp³-hybridized carbons (Fsp3) is 0.500. The molecule has 1 unspecified atom stereocenters. The summed E-state index contributed by atoms with van der Waals surface area (Å²) in [6, 6.07) is 4.49. The van der Waals surface area contributed by atoms with Crippen molar-refractivity contribution >= 4 is 48.8 Å². The predicted octanol–water partition coefficient (Wildman–Crippen LogP) is 3.18. The molecule has 2 heterocycles. The Hall–Kier alpha value is -1.14. The van der Waals surface area contributed by atoms with Crippen molar-refractivity contribution in [1.82, 2.24) is 9.55 Å². The molecule has 0 saturated carbocycles. The number of nitrogens with zero attached hydrogens (tertiary/aromatic N) is 4. The third-order valence-electron chi connectivity index (χ3n) is 4.17. The molecule has 2 N–H and O–H groups in total. The second-order valence-electron chi connectivity index (χ2n) is 6.08. The molecule has 1 fully saturated rings. The average Bonchev–Trinajstić information content (AvgIpc) is 2.95. The van der Waals surface area contributed by atoms with Gasteiger partial charge < -0.3 is 19.9 Å². The number of benzene rings is 1. The maximum Gasteiger partial charge on any atom is 0.207 e. The van der Waals surface area contributed by atoms with Gasteiger partial charge in [0.1, 0.15) is 11.6 Å². The number of halogens is 2. The maximum atomic E-state index is 9.57. The van der Waals surface area contributed by atoms with Gasteiger partial charge in [0.25, 0.3) is 0 Å². The van der Waals surface area contributed by atoms with Crippen molar-refractivity contribution in [3.05, 3.63) is 20.6 Å². The van der Waals surface area contributed by atoms with Gasteiger partial charge in [-0.2, -0.15) is 5.26 Å². The van der Waals surface area contributed by atoms with Crippen LogP contribution in [-0.4, -0.2) is 41.9 Å². The fourth-order valence-electron chi connectivity index (χ4n) is 3.04. The largest absolute Gasteiger partial charge is 0.373 e. The second kappa shape index (κ2) is 7.00. The van der Waals surface area contributed by atoms with Crippen molar-refractivity contribution in [3.8, 4) is 6.07 Å². The molecule has 1 atom stereocenters. The number of nitriles is 1. The molecule has 8 heteroatoms. The number of morpholine rings is 1. The summed E-state index contributed by atoms with van der Waals surface area (Å²) in [5.41, 5.74) is 7.97. The van der Waals surface area contributed by atoms with Crippen LogP contribution in [0.25, 0.3) is 11.0 Å². The van der Waals surface area contributed by atoms with E-state index in [1.54, 1.807) is 0 Å². The standard InChI is InChI=1S/C16H19Br2N5O/c1-9(2)23-13-5-12(17)14(18)11(7-20)15(13)21-16(23)22-3-4-24-10(6-19)8-22/h5,9-10H,3-4,6,8,19H2,1-2H3. The minimum Gasteiger partial charge on any atom is -0.373 e. The highest BCUT2D eigenvalue weighted by Crippen LogP contribution is 2.37. The maximum absolute atomic E-state index is 9.57. The van der Waals surface area contributed by atoms with E-state index in [1.165, 1.54) is 0 Å². The number of nitrogens with two attached hydrogens (primary N) is 1. The van der Waals surface area contributed by atoms with Crippen LogP contribution in [0, 0.1) is 11.3 Å². The number of rotatable bonds is 3. The van der Waals surface area contributed by atoms with Gasteiger partial charge in [-0.1, -0.05) is 0 Å². The lowest BCUT2D eigenvalue weighted by Gasteiger charge is -2.34. The highest BCUT2D eigenvalue weighted by atomic mass is 79.9. The van der Waals surface area contributed by atoms with Gasteiger partial charge in [0.05, 0.1) is 28.3 Å². The fourth-order valence-corrected chi connectivity index (χ4v) is 3.85. The Morgan fingerprint density at radius 2 is 2.25 bits per heavy atom. The van der Waals surface area contributed by atoms with Crippen LogP contribution < -0.4 is 10.6 Å². The summed E-state index contributed by atoms with van der Waals surface area (Å²) in [5.74, 6) is 0.864. The molecule has 1 aromatic carbocycles. The van der Waals surface area contributed by atoms with Crippen molar-refractivity contribution < 1.29 is 4.74 Å². The third kappa shape index (κ3) is 2.94. The van der Waals surface area contributed by atoms with E-state index in [-0.39, 0.29) is 12.1 Å². The Kier molecular flexibility index (Phi) is 5.16. The SMILES string of the molecule is CC(C)n1c(N2CCOC(CN)C2)nc2c(C#N)c(Br)c(Br)cc21. The molecule has 0 bridgehead atoms. The molecule has 1 aliphatic heterocycles. The first-order chi connectivity index (χ1) is 11.5. The van der Waals surface area contributed by atoms with Gasteiger partial charge in [0.15, 0.2) is 0 Å². The minimum absolute atomic E-state index is 0.00749. The molecule has 24 heavy (non-hydrogen) atoms. The summed E-state index contributed by atoms with van der Waals surface area (Å²) in [6.07, 6.45) is 0.00749. The molecule has 1 saturated heterocycles. The number of hydrogen-bond acceptors (Lipinski definition) is 5. The molecule has 6 nitrogen and oxygen atoms in total. The van der Waals surface area contributed by atoms with Crippen LogP contribution in [0.3, 0.4) is 0 Å². The molecule has 128 valence electrons. The molecule has 0 spiro atoms. The zero-order valence-electron chi connectivity index (χ0n) is 13.6. The molecule has 0 aliphatic carbocycles. The second-order valence-corrected chi connectivity index (χ2v) is 7.72. The van der Waals surface area contributed by atoms with Crippen molar-refractivity contribution in [2.45, 2.75) is 26.0 Å². The Balaban J connectivity index is 2.21. The first-order valence-corrected chi connectivity index (χ1v) is 9.43. The molecular formula is C16H19Br2N5O. The van der Waals surface area contributed by atoms with Crippen molar-refractivity contribution in [1.29, 1.82) is 5.26 Å². The molecule has 1 aromatic heterocycles. The highest BCUT2D eigenvalue weighted by Gasteiger charge is 2.27. The zero-order chi connectivity index (χ0) is 17.4. The smallest absolute Gasteiger partial charge is 0.207 e. The van der Waals surface area contributed by atoms with E-state index in [9.17, 15) is 5.26 Å². The normalized spacial score (nSPS) is 18.4. The van der Waals surface area contributed by atoms with Gasteiger partial charge in [-0.3, -0.25) is 0 Å². The lowest BCUT2D eigenvalue weighted by molar-refractivity contribution is 0.0457. The monoisotopic (exact) mass is 455 g/mol.